The van der Waals surface area contributed by atoms with Gasteiger partial charge in [0, 0.05) is 12.1 Å². The first-order chi connectivity index (χ1) is 6.88. The van der Waals surface area contributed by atoms with Crippen LogP contribution in [0.5, 0.6) is 5.75 Å². The van der Waals surface area contributed by atoms with E-state index in [9.17, 15) is 14.7 Å². The van der Waals surface area contributed by atoms with Crippen molar-refractivity contribution in [1.82, 2.24) is 0 Å². The quantitative estimate of drug-likeness (QED) is 0.452. The van der Waals surface area contributed by atoms with E-state index in [1.54, 1.807) is 13.3 Å². The fraction of sp³-hybridized carbons (Fsp3) is 0.333. The number of benzene rings is 1. The van der Waals surface area contributed by atoms with Crippen molar-refractivity contribution in [2.75, 3.05) is 19.7 Å². The summed E-state index contributed by atoms with van der Waals surface area (Å²) in [6.45, 7) is 3.25. The first kappa shape index (κ1) is 11.7. The van der Waals surface area contributed by atoms with Gasteiger partial charge in [-0.05, 0) is 25.5 Å². The van der Waals surface area contributed by atoms with Gasteiger partial charge in [0.25, 0.3) is 5.69 Å². The molecule has 5 nitrogen and oxygen atoms in total. The zero-order valence-electron chi connectivity index (χ0n) is 8.54. The van der Waals surface area contributed by atoms with Crippen LogP contribution in [0.1, 0.15) is 0 Å². The number of hydrogen-bond acceptors (Lipinski definition) is 4. The first-order valence-electron chi connectivity index (χ1n) is 4.30. The molecule has 0 saturated carbocycles. The van der Waals surface area contributed by atoms with E-state index in [4.69, 9.17) is 4.74 Å². The molecule has 1 aromatic carbocycles. The summed E-state index contributed by atoms with van der Waals surface area (Å²) in [4.78, 5) is 9.87. The van der Waals surface area contributed by atoms with Gasteiger partial charge in [0.15, 0.2) is 0 Å². The standard InChI is InChI=1S/C9H12NO4P/c1-15(2,13)7-14-9-5-3-8(4-6-9)10(11)12/h3-6H,7H2,1-2H3. The number of non-ortho nitro benzene ring substituents is 1. The molecule has 15 heavy (non-hydrogen) atoms. The highest BCUT2D eigenvalue weighted by molar-refractivity contribution is 7.62. The smallest absolute Gasteiger partial charge is 0.269 e. The van der Waals surface area contributed by atoms with Crippen molar-refractivity contribution in [2.24, 2.45) is 0 Å². The maximum absolute atomic E-state index is 11.3. The van der Waals surface area contributed by atoms with Gasteiger partial charge in [0.2, 0.25) is 0 Å². The lowest BCUT2D eigenvalue weighted by Crippen LogP contribution is -1.97. The molecule has 1 aromatic rings. The molecule has 0 aliphatic heterocycles. The minimum Gasteiger partial charge on any atom is -0.486 e. The van der Waals surface area contributed by atoms with E-state index in [2.05, 4.69) is 0 Å². The van der Waals surface area contributed by atoms with Gasteiger partial charge in [-0.15, -0.1) is 0 Å². The topological polar surface area (TPSA) is 69.4 Å². The highest BCUT2D eigenvalue weighted by atomic mass is 31.2. The molecule has 0 bridgehead atoms. The number of ether oxygens (including phenoxy) is 1. The fourth-order valence-electron chi connectivity index (χ4n) is 0.894. The molecule has 0 fully saturated rings. The highest BCUT2D eigenvalue weighted by Gasteiger charge is 2.09. The lowest BCUT2D eigenvalue weighted by Gasteiger charge is -2.08. The molecule has 0 radical (unpaired) electrons. The molecule has 0 amide bonds. The molecule has 0 unspecified atom stereocenters. The van der Waals surface area contributed by atoms with Crippen molar-refractivity contribution in [2.45, 2.75) is 0 Å². The van der Waals surface area contributed by atoms with Crippen LogP contribution in [-0.2, 0) is 4.57 Å². The van der Waals surface area contributed by atoms with Crippen LogP contribution in [0, 0.1) is 10.1 Å². The third-order valence-electron chi connectivity index (χ3n) is 1.59. The zero-order valence-corrected chi connectivity index (χ0v) is 9.44. The van der Waals surface area contributed by atoms with Crippen LogP contribution in [-0.4, -0.2) is 24.6 Å². The highest BCUT2D eigenvalue weighted by Crippen LogP contribution is 2.35. The van der Waals surface area contributed by atoms with Crippen LogP contribution in [0.15, 0.2) is 24.3 Å². The van der Waals surface area contributed by atoms with Crippen molar-refractivity contribution in [3.05, 3.63) is 34.4 Å². The number of hydrogen-bond donors (Lipinski definition) is 0. The molecule has 0 N–H and O–H groups in total. The van der Waals surface area contributed by atoms with Crippen molar-refractivity contribution in [3.63, 3.8) is 0 Å². The Bertz CT molecular complexity index is 395. The van der Waals surface area contributed by atoms with Gasteiger partial charge >= 0.3 is 0 Å². The van der Waals surface area contributed by atoms with Gasteiger partial charge in [-0.25, -0.2) is 0 Å². The predicted molar refractivity (Wildman–Crippen MR) is 58.0 cm³/mol. The summed E-state index contributed by atoms with van der Waals surface area (Å²) in [6, 6.07) is 5.69. The summed E-state index contributed by atoms with van der Waals surface area (Å²) in [6.07, 6.45) is 0.144. The van der Waals surface area contributed by atoms with Crippen molar-refractivity contribution in [3.8, 4) is 5.75 Å². The molecule has 82 valence electrons. The summed E-state index contributed by atoms with van der Waals surface area (Å²) in [5.41, 5.74) is 0.0125. The van der Waals surface area contributed by atoms with Gasteiger partial charge in [-0.1, -0.05) is 0 Å². The number of nitro groups is 1. The van der Waals surface area contributed by atoms with E-state index in [0.29, 0.717) is 5.75 Å². The van der Waals surface area contributed by atoms with E-state index < -0.39 is 12.1 Å². The Labute approximate surface area is 87.6 Å². The largest absolute Gasteiger partial charge is 0.486 e. The molecule has 0 spiro atoms. The summed E-state index contributed by atoms with van der Waals surface area (Å²) >= 11 is 0. The van der Waals surface area contributed by atoms with Gasteiger partial charge < -0.3 is 9.30 Å². The molecule has 0 aliphatic carbocycles. The van der Waals surface area contributed by atoms with Gasteiger partial charge in [-0.3, -0.25) is 10.1 Å². The van der Waals surface area contributed by atoms with Crippen molar-refractivity contribution >= 4 is 12.8 Å². The van der Waals surface area contributed by atoms with Crippen LogP contribution in [0.4, 0.5) is 5.69 Å². The minimum absolute atomic E-state index is 0.0125. The van der Waals surface area contributed by atoms with Crippen LogP contribution >= 0.6 is 7.14 Å². The lowest BCUT2D eigenvalue weighted by molar-refractivity contribution is -0.384. The number of rotatable bonds is 4. The average molecular weight is 229 g/mol. The number of nitro benzene ring substituents is 1. The first-order valence-corrected chi connectivity index (χ1v) is 7.08. The minimum atomic E-state index is -2.22. The Hall–Kier alpha value is -1.35. The second kappa shape index (κ2) is 4.45. The zero-order chi connectivity index (χ0) is 11.5. The third kappa shape index (κ3) is 4.13. The van der Waals surface area contributed by atoms with Crippen LogP contribution < -0.4 is 4.74 Å². The van der Waals surface area contributed by atoms with E-state index >= 15 is 0 Å². The Balaban J connectivity index is 2.65. The average Bonchev–Trinajstić information content (AvgIpc) is 2.14. The normalized spacial score (nSPS) is 11.1. The van der Waals surface area contributed by atoms with Crippen LogP contribution in [0.2, 0.25) is 0 Å². The molecular formula is C9H12NO4P. The second-order valence-corrected chi connectivity index (χ2v) is 7.00. The summed E-state index contributed by atoms with van der Waals surface area (Å²) in [5.74, 6) is 0.490. The van der Waals surface area contributed by atoms with Crippen LogP contribution in [0.3, 0.4) is 0 Å². The van der Waals surface area contributed by atoms with E-state index in [0.717, 1.165) is 0 Å². The molecule has 1 rings (SSSR count). The molecular weight excluding hydrogens is 217 g/mol. The van der Waals surface area contributed by atoms with Gasteiger partial charge in [0.05, 0.1) is 4.92 Å². The van der Waals surface area contributed by atoms with Crippen molar-refractivity contribution in [1.29, 1.82) is 0 Å². The maximum Gasteiger partial charge on any atom is 0.269 e. The fourth-order valence-corrected chi connectivity index (χ4v) is 1.35. The molecule has 6 heteroatoms. The molecule has 0 aliphatic rings. The lowest BCUT2D eigenvalue weighted by atomic mass is 10.3. The van der Waals surface area contributed by atoms with Gasteiger partial charge in [-0.2, -0.15) is 0 Å². The Morgan fingerprint density at radius 1 is 1.33 bits per heavy atom. The van der Waals surface area contributed by atoms with Crippen molar-refractivity contribution < 1.29 is 14.2 Å². The summed E-state index contributed by atoms with van der Waals surface area (Å²) < 4.78 is 16.5. The molecule has 0 heterocycles. The molecule has 0 saturated heterocycles. The molecule has 0 atom stereocenters. The number of nitrogens with zero attached hydrogens (tertiary/aromatic N) is 1. The molecule has 0 aromatic heterocycles. The SMILES string of the molecule is CP(C)(=O)COc1ccc([N+](=O)[O-])cc1. The second-order valence-electron chi connectivity index (χ2n) is 3.60. The van der Waals surface area contributed by atoms with E-state index in [-0.39, 0.29) is 12.0 Å². The Morgan fingerprint density at radius 3 is 2.27 bits per heavy atom. The summed E-state index contributed by atoms with van der Waals surface area (Å²) in [5, 5.41) is 10.3. The maximum atomic E-state index is 11.3. The Morgan fingerprint density at radius 2 is 1.87 bits per heavy atom. The van der Waals surface area contributed by atoms with Crippen LogP contribution in [0.25, 0.3) is 0 Å². The van der Waals surface area contributed by atoms with Gasteiger partial charge in [0.1, 0.15) is 19.2 Å². The summed E-state index contributed by atoms with van der Waals surface area (Å²) in [7, 11) is -2.22. The Kier molecular flexibility index (Phi) is 3.48. The third-order valence-corrected chi connectivity index (χ3v) is 2.34. The predicted octanol–water partition coefficient (Wildman–Crippen LogP) is 2.55. The van der Waals surface area contributed by atoms with E-state index in [1.807, 2.05) is 0 Å². The van der Waals surface area contributed by atoms with E-state index in [1.165, 1.54) is 24.3 Å². The monoisotopic (exact) mass is 229 g/mol.